The first-order valence-corrected chi connectivity index (χ1v) is 7.88. The second-order valence-electron chi connectivity index (χ2n) is 7.45. The standard InChI is InChI=1S/C20H23F3O/c1-12-6-14(11-16(8-12)20(21,22)23)10-15-7-13(2)9-17(18(15)24)19(3,4)5/h6-9,11,24H,10H2,1-5H3. The number of rotatable bonds is 2. The van der Waals surface area contributed by atoms with Gasteiger partial charge in [-0.05, 0) is 48.1 Å². The third kappa shape index (κ3) is 4.11. The molecule has 0 radical (unpaired) electrons. The summed E-state index contributed by atoms with van der Waals surface area (Å²) in [7, 11) is 0. The number of phenols is 1. The van der Waals surface area contributed by atoms with Gasteiger partial charge in [0.25, 0.3) is 0 Å². The average molecular weight is 336 g/mol. The van der Waals surface area contributed by atoms with E-state index in [0.29, 0.717) is 16.7 Å². The van der Waals surface area contributed by atoms with E-state index in [1.807, 2.05) is 39.8 Å². The molecule has 0 saturated carbocycles. The van der Waals surface area contributed by atoms with Crippen molar-refractivity contribution in [2.45, 2.75) is 52.6 Å². The minimum Gasteiger partial charge on any atom is -0.507 e. The maximum Gasteiger partial charge on any atom is 0.416 e. The maximum absolute atomic E-state index is 13.0. The highest BCUT2D eigenvalue weighted by Crippen LogP contribution is 2.36. The van der Waals surface area contributed by atoms with Crippen molar-refractivity contribution in [2.75, 3.05) is 0 Å². The Morgan fingerprint density at radius 3 is 2.00 bits per heavy atom. The van der Waals surface area contributed by atoms with Crippen LogP contribution in [0.2, 0.25) is 0 Å². The smallest absolute Gasteiger partial charge is 0.416 e. The molecule has 24 heavy (non-hydrogen) atoms. The van der Waals surface area contributed by atoms with Crippen LogP contribution in [0.4, 0.5) is 13.2 Å². The van der Waals surface area contributed by atoms with Gasteiger partial charge in [0.2, 0.25) is 0 Å². The quantitative estimate of drug-likeness (QED) is 0.722. The monoisotopic (exact) mass is 336 g/mol. The summed E-state index contributed by atoms with van der Waals surface area (Å²) in [5.41, 5.74) is 2.65. The van der Waals surface area contributed by atoms with Crippen molar-refractivity contribution >= 4 is 0 Å². The van der Waals surface area contributed by atoms with E-state index in [2.05, 4.69) is 0 Å². The Labute approximate surface area is 141 Å². The van der Waals surface area contributed by atoms with Crippen molar-refractivity contribution in [3.05, 3.63) is 63.7 Å². The Morgan fingerprint density at radius 2 is 1.46 bits per heavy atom. The number of benzene rings is 2. The van der Waals surface area contributed by atoms with Crippen LogP contribution >= 0.6 is 0 Å². The molecule has 2 aromatic carbocycles. The fourth-order valence-corrected chi connectivity index (χ4v) is 2.91. The molecule has 0 heterocycles. The van der Waals surface area contributed by atoms with Gasteiger partial charge >= 0.3 is 6.18 Å². The molecule has 130 valence electrons. The summed E-state index contributed by atoms with van der Waals surface area (Å²) in [5, 5.41) is 10.6. The fraction of sp³-hybridized carbons (Fsp3) is 0.400. The van der Waals surface area contributed by atoms with Gasteiger partial charge < -0.3 is 5.11 Å². The summed E-state index contributed by atoms with van der Waals surface area (Å²) < 4.78 is 39.0. The van der Waals surface area contributed by atoms with E-state index in [4.69, 9.17) is 0 Å². The highest BCUT2D eigenvalue weighted by molar-refractivity contribution is 5.49. The average Bonchev–Trinajstić information content (AvgIpc) is 2.39. The third-order valence-electron chi connectivity index (χ3n) is 4.00. The number of aryl methyl sites for hydroxylation is 2. The minimum absolute atomic E-state index is 0.170. The normalized spacial score (nSPS) is 12.5. The largest absolute Gasteiger partial charge is 0.507 e. The van der Waals surface area contributed by atoms with Crippen LogP contribution in [0.15, 0.2) is 30.3 Å². The van der Waals surface area contributed by atoms with Crippen molar-refractivity contribution in [3.63, 3.8) is 0 Å². The highest BCUT2D eigenvalue weighted by atomic mass is 19.4. The highest BCUT2D eigenvalue weighted by Gasteiger charge is 2.31. The summed E-state index contributed by atoms with van der Waals surface area (Å²) in [5.74, 6) is 0.170. The van der Waals surface area contributed by atoms with Gasteiger partial charge in [-0.1, -0.05) is 50.1 Å². The van der Waals surface area contributed by atoms with E-state index < -0.39 is 11.7 Å². The molecule has 4 heteroatoms. The van der Waals surface area contributed by atoms with Crippen LogP contribution in [-0.4, -0.2) is 5.11 Å². The molecule has 0 saturated heterocycles. The lowest BCUT2D eigenvalue weighted by Gasteiger charge is -2.23. The van der Waals surface area contributed by atoms with E-state index in [1.54, 1.807) is 13.0 Å². The molecule has 0 aromatic heterocycles. The minimum atomic E-state index is -4.37. The van der Waals surface area contributed by atoms with Gasteiger partial charge in [-0.2, -0.15) is 13.2 Å². The van der Waals surface area contributed by atoms with Crippen LogP contribution in [0.3, 0.4) is 0 Å². The Kier molecular flexibility index (Phi) is 4.71. The molecule has 0 spiro atoms. The molecule has 1 nitrogen and oxygen atoms in total. The van der Waals surface area contributed by atoms with Gasteiger partial charge in [0.15, 0.2) is 0 Å². The van der Waals surface area contributed by atoms with E-state index in [1.165, 1.54) is 0 Å². The zero-order valence-electron chi connectivity index (χ0n) is 14.7. The predicted molar refractivity (Wildman–Crippen MR) is 90.5 cm³/mol. The number of aromatic hydroxyl groups is 1. The first kappa shape index (κ1) is 18.4. The van der Waals surface area contributed by atoms with Crippen LogP contribution in [0.25, 0.3) is 0 Å². The Balaban J connectivity index is 2.49. The molecule has 0 aliphatic carbocycles. The number of halogens is 3. The summed E-state index contributed by atoms with van der Waals surface area (Å²) in [4.78, 5) is 0. The second kappa shape index (κ2) is 6.15. The molecule has 0 unspecified atom stereocenters. The summed E-state index contributed by atoms with van der Waals surface area (Å²) >= 11 is 0. The molecular formula is C20H23F3O. The van der Waals surface area contributed by atoms with Gasteiger partial charge in [-0.3, -0.25) is 0 Å². The predicted octanol–water partition coefficient (Wildman–Crippen LogP) is 5.92. The molecular weight excluding hydrogens is 313 g/mol. The van der Waals surface area contributed by atoms with Gasteiger partial charge in [-0.15, -0.1) is 0 Å². The summed E-state index contributed by atoms with van der Waals surface area (Å²) in [6.07, 6.45) is -4.10. The van der Waals surface area contributed by atoms with E-state index >= 15 is 0 Å². The van der Waals surface area contributed by atoms with E-state index in [-0.39, 0.29) is 17.6 Å². The third-order valence-corrected chi connectivity index (χ3v) is 4.00. The number of hydrogen-bond donors (Lipinski definition) is 1. The van der Waals surface area contributed by atoms with Gasteiger partial charge in [-0.25, -0.2) is 0 Å². The van der Waals surface area contributed by atoms with Crippen molar-refractivity contribution in [1.82, 2.24) is 0 Å². The topological polar surface area (TPSA) is 20.2 Å². The van der Waals surface area contributed by atoms with Gasteiger partial charge in [0.1, 0.15) is 5.75 Å². The summed E-state index contributed by atoms with van der Waals surface area (Å²) in [6.45, 7) is 9.57. The van der Waals surface area contributed by atoms with E-state index in [0.717, 1.165) is 23.3 Å². The molecule has 2 rings (SSSR count). The van der Waals surface area contributed by atoms with Crippen molar-refractivity contribution in [3.8, 4) is 5.75 Å². The molecule has 0 amide bonds. The first-order valence-electron chi connectivity index (χ1n) is 7.88. The lowest BCUT2D eigenvalue weighted by molar-refractivity contribution is -0.137. The SMILES string of the molecule is Cc1cc(Cc2cc(C)cc(C(C)(C)C)c2O)cc(C(F)(F)F)c1. The second-order valence-corrected chi connectivity index (χ2v) is 7.45. The molecule has 2 aromatic rings. The number of hydrogen-bond acceptors (Lipinski definition) is 1. The first-order chi connectivity index (χ1) is 10.9. The van der Waals surface area contributed by atoms with Crippen molar-refractivity contribution in [2.24, 2.45) is 0 Å². The van der Waals surface area contributed by atoms with Crippen LogP contribution in [-0.2, 0) is 18.0 Å². The zero-order chi connectivity index (χ0) is 18.3. The Bertz CT molecular complexity index is 753. The van der Waals surface area contributed by atoms with Crippen molar-refractivity contribution in [1.29, 1.82) is 0 Å². The van der Waals surface area contributed by atoms with Gasteiger partial charge in [0.05, 0.1) is 5.56 Å². The number of alkyl halides is 3. The lowest BCUT2D eigenvalue weighted by Crippen LogP contribution is -2.13. The van der Waals surface area contributed by atoms with Crippen LogP contribution in [0, 0.1) is 13.8 Å². The molecule has 0 fully saturated rings. The van der Waals surface area contributed by atoms with Crippen molar-refractivity contribution < 1.29 is 18.3 Å². The fourth-order valence-electron chi connectivity index (χ4n) is 2.91. The Morgan fingerprint density at radius 1 is 0.875 bits per heavy atom. The zero-order valence-corrected chi connectivity index (χ0v) is 14.7. The molecule has 0 aliphatic heterocycles. The maximum atomic E-state index is 13.0. The van der Waals surface area contributed by atoms with Crippen LogP contribution < -0.4 is 0 Å². The molecule has 0 atom stereocenters. The summed E-state index contributed by atoms with van der Waals surface area (Å²) in [6, 6.07) is 7.79. The molecule has 0 aliphatic rings. The Hall–Kier alpha value is -1.97. The van der Waals surface area contributed by atoms with Crippen LogP contribution in [0.1, 0.15) is 54.2 Å². The van der Waals surface area contributed by atoms with Crippen LogP contribution in [0.5, 0.6) is 5.75 Å². The van der Waals surface area contributed by atoms with E-state index in [9.17, 15) is 18.3 Å². The number of phenolic OH excluding ortho intramolecular Hbond substituents is 1. The molecule has 0 bridgehead atoms. The van der Waals surface area contributed by atoms with Gasteiger partial charge in [0, 0.05) is 6.42 Å². The molecule has 1 N–H and O–H groups in total. The lowest BCUT2D eigenvalue weighted by atomic mass is 9.83.